The predicted octanol–water partition coefficient (Wildman–Crippen LogP) is 15.1. The van der Waals surface area contributed by atoms with E-state index in [9.17, 15) is 0 Å². The molecule has 0 saturated heterocycles. The summed E-state index contributed by atoms with van der Waals surface area (Å²) < 4.78 is 36.8. The summed E-state index contributed by atoms with van der Waals surface area (Å²) in [7, 11) is 1.90. The van der Waals surface area contributed by atoms with Gasteiger partial charge in [0.1, 0.15) is 40.8 Å². The number of allylic oxidation sites excluding steroid dienone is 11. The van der Waals surface area contributed by atoms with Crippen molar-refractivity contribution >= 4 is 33.2 Å². The fraction of sp³-hybridized carbons (Fsp3) is 0.175. The Hall–Kier alpha value is -8.74. The highest BCUT2D eigenvalue weighted by Crippen LogP contribution is 2.36. The van der Waals surface area contributed by atoms with E-state index in [1.54, 1.807) is 36.8 Å². The fourth-order valence-electron chi connectivity index (χ4n) is 8.89. The molecule has 0 radical (unpaired) electrons. The average Bonchev–Trinajstić information content (AvgIpc) is 4.16. The molecule has 380 valence electrons. The molecule has 0 amide bonds. The maximum Gasteiger partial charge on any atom is 0.138 e. The van der Waals surface area contributed by atoms with Crippen molar-refractivity contribution in [3.63, 3.8) is 0 Å². The first-order valence-corrected chi connectivity index (χ1v) is 25.0. The molecule has 0 fully saturated rings. The number of aryl methyl sites for hydroxylation is 2. The van der Waals surface area contributed by atoms with Gasteiger partial charge < -0.3 is 20.1 Å². The predicted molar refractivity (Wildman–Crippen MR) is 304 cm³/mol. The number of nitrogens with zero attached hydrogens (tertiary/aromatic N) is 5. The third-order valence-electron chi connectivity index (χ3n) is 13.0. The van der Waals surface area contributed by atoms with Gasteiger partial charge in [-0.2, -0.15) is 5.10 Å². The summed E-state index contributed by atoms with van der Waals surface area (Å²) in [6, 6.07) is 23.5. The topological polar surface area (TPSA) is 123 Å². The Morgan fingerprint density at radius 3 is 2.44 bits per heavy atom. The zero-order valence-corrected chi connectivity index (χ0v) is 43.5. The molecule has 0 unspecified atom stereocenters. The van der Waals surface area contributed by atoms with Crippen LogP contribution in [0.25, 0.3) is 67.0 Å². The molecular weight excluding hydrogens is 937 g/mol. The number of aromatic nitrogens is 7. The molecule has 0 spiro atoms. The van der Waals surface area contributed by atoms with Crippen LogP contribution in [0.2, 0.25) is 0 Å². The lowest BCUT2D eigenvalue weighted by molar-refractivity contribution is 0.203. The first-order chi connectivity index (χ1) is 36.3. The summed E-state index contributed by atoms with van der Waals surface area (Å²) in [6.45, 7) is 27.8. The summed E-state index contributed by atoms with van der Waals surface area (Å²) in [5.74, 6) is -0.342. The normalized spacial score (nSPS) is 12.7. The Bertz CT molecular complexity index is 3600. The molecule has 10 nitrogen and oxygen atoms in total. The van der Waals surface area contributed by atoms with E-state index >= 15 is 8.78 Å². The van der Waals surface area contributed by atoms with E-state index < -0.39 is 5.82 Å². The first kappa shape index (κ1) is 52.6. The second-order valence-corrected chi connectivity index (χ2v) is 18.5. The standard InChI is InChI=1S/C63H63F2N9O/c1-11-15-17-44-31-47(33-49(64)32-44)52(16-12-2)54-37-59(68-43(54)9)42(8)41(7)56(19-18-40(6)45(14-4)30-39(5)13-3)73-74(10)28-29-75-51-35-48(34-50(65)36-51)53-24-27-67-63-55(53)38-60(70-63)62-61-58(71-72-62)21-20-57(69-61)46-22-25-66-26-23-46/h12-14,16,18-27,30-38,68,73H,2-3,7-8,11,15,17,28-29H2,1,4-6,9-10H3,(H,67,70)(H,71,72)/b39-30-,40-18+,45-14+,52-16-,56-19+. The van der Waals surface area contributed by atoms with Crippen LogP contribution in [-0.4, -0.2) is 60.3 Å². The van der Waals surface area contributed by atoms with E-state index in [0.29, 0.717) is 57.3 Å². The summed E-state index contributed by atoms with van der Waals surface area (Å²) >= 11 is 0. The average molecular weight is 1000 g/mol. The van der Waals surface area contributed by atoms with Crippen LogP contribution in [0.5, 0.6) is 5.75 Å². The van der Waals surface area contributed by atoms with E-state index in [2.05, 4.69) is 93.9 Å². The number of hydrogen-bond acceptors (Lipinski definition) is 7. The summed E-state index contributed by atoms with van der Waals surface area (Å²) in [5.41, 5.74) is 20.3. The second-order valence-electron chi connectivity index (χ2n) is 18.5. The maximum absolute atomic E-state index is 15.5. The summed E-state index contributed by atoms with van der Waals surface area (Å²) in [5, 5.41) is 10.4. The van der Waals surface area contributed by atoms with Gasteiger partial charge in [0.05, 0.1) is 29.1 Å². The number of fused-ring (bicyclic) bond motifs is 2. The molecule has 8 aromatic rings. The maximum atomic E-state index is 15.5. The van der Waals surface area contributed by atoms with E-state index in [4.69, 9.17) is 9.72 Å². The molecule has 6 heterocycles. The number of rotatable bonds is 22. The molecule has 0 aliphatic carbocycles. The Kier molecular flexibility index (Phi) is 16.7. The zero-order valence-electron chi connectivity index (χ0n) is 43.5. The van der Waals surface area contributed by atoms with Crippen molar-refractivity contribution in [3.05, 3.63) is 234 Å². The molecule has 12 heteroatoms. The van der Waals surface area contributed by atoms with Gasteiger partial charge in [0, 0.05) is 65.2 Å². The third kappa shape index (κ3) is 12.4. The number of likely N-dealkylation sites (N-methyl/N-ethyl adjacent to an activating group) is 1. The Morgan fingerprint density at radius 2 is 1.68 bits per heavy atom. The number of halogens is 2. The minimum Gasteiger partial charge on any atom is -0.492 e. The SMILES string of the molecule is C=C/C=C(/c1cc(F)cc(CCCC)c1)c1cc(C(=C)C(=C)\C(=C/C=C(C)/C(/C=C(/C)C=C)=C/C)NN(C)CCOc2cc(F)cc(-c3ccnc4[nH]c(-c5n[nH]c6ccc(-c7ccncc7)nc56)cc34)c2)[nH]c1C. The summed E-state index contributed by atoms with van der Waals surface area (Å²) in [6.07, 6.45) is 21.6. The smallest absolute Gasteiger partial charge is 0.138 e. The Balaban J connectivity index is 1.01. The first-order valence-electron chi connectivity index (χ1n) is 25.0. The van der Waals surface area contributed by atoms with Crippen molar-refractivity contribution in [2.45, 2.75) is 53.9 Å². The Labute approximate surface area is 438 Å². The molecule has 0 atom stereocenters. The number of nitrogens with one attached hydrogen (secondary N) is 4. The number of ether oxygens (including phenoxy) is 1. The zero-order chi connectivity index (χ0) is 53.2. The van der Waals surface area contributed by atoms with Gasteiger partial charge in [0.25, 0.3) is 0 Å². The van der Waals surface area contributed by atoms with Gasteiger partial charge in [-0.3, -0.25) is 10.1 Å². The van der Waals surface area contributed by atoms with Crippen molar-refractivity contribution in [2.24, 2.45) is 0 Å². The van der Waals surface area contributed by atoms with Crippen molar-refractivity contribution in [1.29, 1.82) is 0 Å². The van der Waals surface area contributed by atoms with E-state index in [1.165, 1.54) is 12.1 Å². The second kappa shape index (κ2) is 23.9. The van der Waals surface area contributed by atoms with Gasteiger partial charge in [-0.1, -0.05) is 87.8 Å². The van der Waals surface area contributed by atoms with Crippen molar-refractivity contribution in [2.75, 3.05) is 20.2 Å². The monoisotopic (exact) mass is 1000 g/mol. The number of unbranched alkanes of at least 4 members (excludes halogenated alkanes) is 1. The molecule has 8 rings (SSSR count). The van der Waals surface area contributed by atoms with Gasteiger partial charge in [-0.05, 0) is 158 Å². The molecule has 2 aromatic carbocycles. The van der Waals surface area contributed by atoms with Crippen molar-refractivity contribution in [3.8, 4) is 39.5 Å². The van der Waals surface area contributed by atoms with Crippen molar-refractivity contribution < 1.29 is 13.5 Å². The lowest BCUT2D eigenvalue weighted by Gasteiger charge is -2.23. The molecule has 4 N–H and O–H groups in total. The van der Waals surface area contributed by atoms with E-state index in [-0.39, 0.29) is 12.4 Å². The molecule has 0 aliphatic heterocycles. The van der Waals surface area contributed by atoms with Crippen LogP contribution in [0.3, 0.4) is 0 Å². The van der Waals surface area contributed by atoms with E-state index in [1.807, 2.05) is 106 Å². The van der Waals surface area contributed by atoms with Gasteiger partial charge in [0.2, 0.25) is 0 Å². The van der Waals surface area contributed by atoms with Gasteiger partial charge in [0.15, 0.2) is 0 Å². The largest absolute Gasteiger partial charge is 0.492 e. The molecule has 0 bridgehead atoms. The number of hydrogen-bond donors (Lipinski definition) is 4. The fourth-order valence-corrected chi connectivity index (χ4v) is 8.89. The molecular formula is C63H63F2N9O. The number of aromatic amines is 3. The number of H-pyrrole nitrogens is 3. The molecule has 0 aliphatic rings. The quantitative estimate of drug-likeness (QED) is 0.0394. The van der Waals surface area contributed by atoms with Crippen LogP contribution in [-0.2, 0) is 6.42 Å². The van der Waals surface area contributed by atoms with E-state index in [0.717, 1.165) is 97.4 Å². The van der Waals surface area contributed by atoms with Gasteiger partial charge in [-0.25, -0.2) is 23.8 Å². The van der Waals surface area contributed by atoms with Crippen LogP contribution < -0.4 is 10.2 Å². The van der Waals surface area contributed by atoms with Crippen LogP contribution >= 0.6 is 0 Å². The third-order valence-corrected chi connectivity index (χ3v) is 13.0. The number of benzene rings is 2. The minimum absolute atomic E-state index is 0.217. The highest BCUT2D eigenvalue weighted by atomic mass is 19.1. The molecule has 75 heavy (non-hydrogen) atoms. The molecule has 6 aromatic heterocycles. The lowest BCUT2D eigenvalue weighted by Crippen LogP contribution is -2.37. The summed E-state index contributed by atoms with van der Waals surface area (Å²) in [4.78, 5) is 20.6. The highest BCUT2D eigenvalue weighted by molar-refractivity contribution is 5.99. The molecule has 0 saturated carbocycles. The minimum atomic E-state index is -0.441. The van der Waals surface area contributed by atoms with Crippen LogP contribution in [0.1, 0.15) is 68.6 Å². The van der Waals surface area contributed by atoms with Gasteiger partial charge in [-0.15, -0.1) is 0 Å². The number of hydrazine groups is 1. The number of pyridine rings is 3. The van der Waals surface area contributed by atoms with Gasteiger partial charge >= 0.3 is 0 Å². The van der Waals surface area contributed by atoms with Crippen LogP contribution in [0, 0.1) is 18.6 Å². The highest BCUT2D eigenvalue weighted by Gasteiger charge is 2.20. The van der Waals surface area contributed by atoms with Crippen LogP contribution in [0.15, 0.2) is 194 Å². The Morgan fingerprint density at radius 1 is 0.880 bits per heavy atom. The lowest BCUT2D eigenvalue weighted by atomic mass is 9.94. The van der Waals surface area contributed by atoms with Crippen molar-refractivity contribution in [1.82, 2.24) is 45.6 Å². The van der Waals surface area contributed by atoms with Crippen LogP contribution in [0.4, 0.5) is 8.78 Å².